The van der Waals surface area contributed by atoms with Gasteiger partial charge in [-0.25, -0.2) is 9.07 Å². The molecule has 6 rings (SSSR count). The topological polar surface area (TPSA) is 73.2 Å². The zero-order valence-electron chi connectivity index (χ0n) is 22.4. The maximum Gasteiger partial charge on any atom is 0.311 e. The molecule has 5 atom stereocenters. The predicted octanol–water partition coefficient (Wildman–Crippen LogP) is 5.77. The van der Waals surface area contributed by atoms with E-state index < -0.39 is 0 Å². The number of aromatic nitrogens is 2. The summed E-state index contributed by atoms with van der Waals surface area (Å²) in [7, 11) is 0. The highest BCUT2D eigenvalue weighted by Crippen LogP contribution is 2.49. The fourth-order valence-corrected chi connectivity index (χ4v) is 7.32. The maximum atomic E-state index is 13.9. The van der Waals surface area contributed by atoms with Crippen molar-refractivity contribution < 1.29 is 18.7 Å². The Balaban J connectivity index is 1.32. The second-order valence-corrected chi connectivity index (χ2v) is 11.3. The van der Waals surface area contributed by atoms with E-state index in [9.17, 15) is 14.0 Å². The highest BCUT2D eigenvalue weighted by molar-refractivity contribution is 5.95. The lowest BCUT2D eigenvalue weighted by atomic mass is 9.82. The van der Waals surface area contributed by atoms with Crippen molar-refractivity contribution in [3.8, 4) is 5.69 Å². The summed E-state index contributed by atoms with van der Waals surface area (Å²) >= 11 is 0. The van der Waals surface area contributed by atoms with Gasteiger partial charge in [0, 0.05) is 17.5 Å². The first-order valence-electron chi connectivity index (χ1n) is 14.4. The molecule has 2 bridgehead atoms. The molecule has 39 heavy (non-hydrogen) atoms. The van der Waals surface area contributed by atoms with Gasteiger partial charge in [0.25, 0.3) is 5.91 Å². The summed E-state index contributed by atoms with van der Waals surface area (Å²) in [6.07, 6.45) is 7.66. The molecule has 2 aromatic carbocycles. The molecule has 6 nitrogen and oxygen atoms in total. The number of amides is 1. The Morgan fingerprint density at radius 1 is 1.05 bits per heavy atom. The van der Waals surface area contributed by atoms with E-state index in [1.165, 1.54) is 17.7 Å². The zero-order chi connectivity index (χ0) is 26.9. The molecule has 0 aliphatic heterocycles. The van der Waals surface area contributed by atoms with Crippen LogP contribution < -0.4 is 5.32 Å². The Morgan fingerprint density at radius 3 is 2.59 bits per heavy atom. The van der Waals surface area contributed by atoms with Crippen LogP contribution in [-0.4, -0.2) is 34.3 Å². The van der Waals surface area contributed by atoms with E-state index >= 15 is 0 Å². The standard InChI is InChI=1S/C32H36FN3O3/c1-2-39-32(38)27-22-13-14-23(19-22)28(27)34-31(37)29-26-10-6-9-21(12-11-20-7-4-3-5-8-20)30(26)36(35-29)25-17-15-24(33)16-18-25/h3-5,7-8,15-18,21-23,27-28H,2,6,9-14,19H2,1H3,(H,34,37). The normalized spacial score (nSPS) is 25.3. The number of ether oxygens (including phenoxy) is 1. The number of carbonyl (C=O) groups excluding carboxylic acids is 2. The number of aryl methyl sites for hydroxylation is 1. The second-order valence-electron chi connectivity index (χ2n) is 11.3. The first kappa shape index (κ1) is 25.8. The number of esters is 1. The van der Waals surface area contributed by atoms with Crippen molar-refractivity contribution in [2.45, 2.75) is 70.3 Å². The van der Waals surface area contributed by atoms with Crippen molar-refractivity contribution in [1.82, 2.24) is 15.1 Å². The van der Waals surface area contributed by atoms with Gasteiger partial charge in [0.05, 0.1) is 23.9 Å². The third kappa shape index (κ3) is 4.99. The molecule has 0 spiro atoms. The van der Waals surface area contributed by atoms with Crippen LogP contribution in [0.1, 0.15) is 78.7 Å². The number of carbonyl (C=O) groups is 2. The van der Waals surface area contributed by atoms with Gasteiger partial charge in [0.2, 0.25) is 0 Å². The van der Waals surface area contributed by atoms with E-state index in [1.807, 2.05) is 17.7 Å². The number of benzene rings is 2. The van der Waals surface area contributed by atoms with Crippen molar-refractivity contribution >= 4 is 11.9 Å². The van der Waals surface area contributed by atoms with E-state index in [4.69, 9.17) is 9.84 Å². The third-order valence-electron chi connectivity index (χ3n) is 9.07. The molecular formula is C32H36FN3O3. The summed E-state index contributed by atoms with van der Waals surface area (Å²) in [5, 5.41) is 8.11. The van der Waals surface area contributed by atoms with Crippen LogP contribution in [0.15, 0.2) is 54.6 Å². The Bertz CT molecular complexity index is 1340. The van der Waals surface area contributed by atoms with Gasteiger partial charge in [-0.15, -0.1) is 0 Å². The van der Waals surface area contributed by atoms with Crippen LogP contribution in [0.3, 0.4) is 0 Å². The lowest BCUT2D eigenvalue weighted by Gasteiger charge is -2.30. The molecule has 2 fully saturated rings. The van der Waals surface area contributed by atoms with Gasteiger partial charge in [-0.05, 0) is 100.0 Å². The van der Waals surface area contributed by atoms with Crippen LogP contribution in [0.2, 0.25) is 0 Å². The minimum absolute atomic E-state index is 0.199. The molecule has 1 aromatic heterocycles. The van der Waals surface area contributed by atoms with Gasteiger partial charge < -0.3 is 10.1 Å². The van der Waals surface area contributed by atoms with Crippen molar-refractivity contribution in [1.29, 1.82) is 0 Å². The van der Waals surface area contributed by atoms with Crippen LogP contribution in [0.4, 0.5) is 4.39 Å². The zero-order valence-corrected chi connectivity index (χ0v) is 22.4. The summed E-state index contributed by atoms with van der Waals surface area (Å²) in [6.45, 7) is 2.16. The van der Waals surface area contributed by atoms with Gasteiger partial charge in [-0.2, -0.15) is 5.10 Å². The Labute approximate surface area is 228 Å². The minimum atomic E-state index is -0.306. The van der Waals surface area contributed by atoms with E-state index in [-0.39, 0.29) is 41.5 Å². The first-order valence-corrected chi connectivity index (χ1v) is 14.4. The van der Waals surface area contributed by atoms with Gasteiger partial charge >= 0.3 is 5.97 Å². The van der Waals surface area contributed by atoms with Gasteiger partial charge in [-0.1, -0.05) is 30.3 Å². The van der Waals surface area contributed by atoms with E-state index in [0.29, 0.717) is 18.2 Å². The largest absolute Gasteiger partial charge is 0.466 e. The molecule has 3 aliphatic carbocycles. The molecule has 7 heteroatoms. The number of fused-ring (bicyclic) bond motifs is 3. The van der Waals surface area contributed by atoms with Crippen molar-refractivity contribution in [3.05, 3.63) is 82.9 Å². The van der Waals surface area contributed by atoms with E-state index in [1.54, 1.807) is 12.1 Å². The number of nitrogens with zero attached hydrogens (tertiary/aromatic N) is 2. The summed E-state index contributed by atoms with van der Waals surface area (Å²) in [5.41, 5.74) is 4.52. The Hall–Kier alpha value is -3.48. The Kier molecular flexibility index (Phi) is 7.24. The van der Waals surface area contributed by atoms with Crippen LogP contribution >= 0.6 is 0 Å². The molecule has 1 heterocycles. The minimum Gasteiger partial charge on any atom is -0.466 e. The molecule has 204 valence electrons. The van der Waals surface area contributed by atoms with Gasteiger partial charge in [-0.3, -0.25) is 9.59 Å². The van der Waals surface area contributed by atoms with Crippen molar-refractivity contribution in [2.24, 2.45) is 17.8 Å². The number of rotatable bonds is 8. The highest BCUT2D eigenvalue weighted by atomic mass is 19.1. The second kappa shape index (κ2) is 10.9. The molecule has 1 N–H and O–H groups in total. The number of nitrogens with one attached hydrogen (secondary N) is 1. The van der Waals surface area contributed by atoms with Gasteiger partial charge in [0.15, 0.2) is 5.69 Å². The molecule has 0 saturated heterocycles. The fraction of sp³-hybridized carbons (Fsp3) is 0.469. The smallest absolute Gasteiger partial charge is 0.311 e. The summed E-state index contributed by atoms with van der Waals surface area (Å²) in [4.78, 5) is 26.7. The van der Waals surface area contributed by atoms with Crippen molar-refractivity contribution in [2.75, 3.05) is 6.61 Å². The molecular weight excluding hydrogens is 493 g/mol. The molecule has 0 radical (unpaired) electrons. The lowest BCUT2D eigenvalue weighted by molar-refractivity contribution is -0.150. The van der Waals surface area contributed by atoms with Gasteiger partial charge in [0.1, 0.15) is 5.82 Å². The Morgan fingerprint density at radius 2 is 1.82 bits per heavy atom. The summed E-state index contributed by atoms with van der Waals surface area (Å²) in [5.74, 6) is -0.212. The van der Waals surface area contributed by atoms with Crippen LogP contribution in [0.5, 0.6) is 0 Å². The van der Waals surface area contributed by atoms with Crippen LogP contribution in [0.25, 0.3) is 5.69 Å². The van der Waals surface area contributed by atoms with E-state index in [2.05, 4.69) is 29.6 Å². The molecule has 3 aliphatic rings. The number of halogens is 1. The average Bonchev–Trinajstić information content (AvgIpc) is 3.67. The molecule has 2 saturated carbocycles. The predicted molar refractivity (Wildman–Crippen MR) is 146 cm³/mol. The maximum absolute atomic E-state index is 13.9. The third-order valence-corrected chi connectivity index (χ3v) is 9.07. The van der Waals surface area contributed by atoms with Crippen LogP contribution in [-0.2, 0) is 22.4 Å². The quantitative estimate of drug-likeness (QED) is 0.376. The van der Waals surface area contributed by atoms with E-state index in [0.717, 1.165) is 68.3 Å². The number of hydrogen-bond acceptors (Lipinski definition) is 4. The average molecular weight is 530 g/mol. The monoisotopic (exact) mass is 529 g/mol. The lowest BCUT2D eigenvalue weighted by Crippen LogP contribution is -2.47. The SMILES string of the molecule is CCOC(=O)C1C2CCC(C2)C1NC(=O)c1nn(-c2ccc(F)cc2)c2c1CCCC2CCc1ccccc1. The summed E-state index contributed by atoms with van der Waals surface area (Å²) in [6, 6.07) is 16.5. The van der Waals surface area contributed by atoms with Crippen LogP contribution in [0, 0.1) is 23.6 Å². The molecule has 3 aromatic rings. The first-order chi connectivity index (χ1) is 19.0. The number of hydrogen-bond donors (Lipinski definition) is 1. The highest BCUT2D eigenvalue weighted by Gasteiger charge is 2.52. The summed E-state index contributed by atoms with van der Waals surface area (Å²) < 4.78 is 21.0. The van der Waals surface area contributed by atoms with Crippen molar-refractivity contribution in [3.63, 3.8) is 0 Å². The fourth-order valence-electron chi connectivity index (χ4n) is 7.32. The molecule has 5 unspecified atom stereocenters. The molecule has 1 amide bonds.